The van der Waals surface area contributed by atoms with Crippen LogP contribution in [0.5, 0.6) is 11.5 Å². The SMILES string of the molecule is O[C@H](CN(Cc1cccc(C(F)(F)C(F)(F)F)c1)c1cccc(Oc2ccccc2)c1)C(F)(F)F. The summed E-state index contributed by atoms with van der Waals surface area (Å²) >= 11 is 0. The molecule has 0 aliphatic carbocycles. The van der Waals surface area contributed by atoms with Crippen LogP contribution in [0.25, 0.3) is 0 Å². The Bertz CT molecular complexity index is 1120. The van der Waals surface area contributed by atoms with Crippen molar-refractivity contribution in [3.05, 3.63) is 90.0 Å². The molecule has 0 aromatic heterocycles. The number of rotatable bonds is 8. The quantitative estimate of drug-likeness (QED) is 0.333. The maximum absolute atomic E-state index is 13.8. The van der Waals surface area contributed by atoms with Gasteiger partial charge in [-0.15, -0.1) is 0 Å². The van der Waals surface area contributed by atoms with Gasteiger partial charge in [0.1, 0.15) is 11.5 Å². The second kappa shape index (κ2) is 10.1. The number of para-hydroxylation sites is 1. The molecule has 0 unspecified atom stereocenters. The average Bonchev–Trinajstić information content (AvgIpc) is 2.78. The normalized spacial score (nSPS) is 13.4. The summed E-state index contributed by atoms with van der Waals surface area (Å²) in [5.74, 6) is -4.48. The highest BCUT2D eigenvalue weighted by molar-refractivity contribution is 5.52. The zero-order valence-electron chi connectivity index (χ0n) is 17.8. The Balaban J connectivity index is 1.93. The van der Waals surface area contributed by atoms with E-state index in [4.69, 9.17) is 4.74 Å². The number of hydrogen-bond donors (Lipinski definition) is 1. The second-order valence-electron chi connectivity index (χ2n) is 7.62. The van der Waals surface area contributed by atoms with Crippen molar-refractivity contribution in [2.45, 2.75) is 30.9 Å². The number of halogens is 8. The van der Waals surface area contributed by atoms with Crippen molar-refractivity contribution < 1.29 is 45.0 Å². The monoisotopic (exact) mass is 505 g/mol. The Labute approximate surface area is 195 Å². The minimum Gasteiger partial charge on any atom is -0.457 e. The van der Waals surface area contributed by atoms with Gasteiger partial charge in [0, 0.05) is 23.9 Å². The van der Waals surface area contributed by atoms with Gasteiger partial charge in [-0.05, 0) is 35.9 Å². The van der Waals surface area contributed by atoms with E-state index in [-0.39, 0.29) is 17.0 Å². The molecule has 0 spiro atoms. The predicted octanol–water partition coefficient (Wildman–Crippen LogP) is 7.06. The summed E-state index contributed by atoms with van der Waals surface area (Å²) in [6, 6.07) is 17.5. The first-order valence-corrected chi connectivity index (χ1v) is 10.1. The molecule has 0 saturated heterocycles. The van der Waals surface area contributed by atoms with Crippen LogP contribution >= 0.6 is 0 Å². The van der Waals surface area contributed by atoms with E-state index in [1.54, 1.807) is 30.3 Å². The molecule has 0 radical (unpaired) electrons. The summed E-state index contributed by atoms with van der Waals surface area (Å²) in [6.07, 6.45) is -13.6. The van der Waals surface area contributed by atoms with Crippen molar-refractivity contribution in [3.63, 3.8) is 0 Å². The molecule has 35 heavy (non-hydrogen) atoms. The third-order valence-corrected chi connectivity index (χ3v) is 4.95. The summed E-state index contributed by atoms with van der Waals surface area (Å²) in [6.45, 7) is -1.50. The number of nitrogens with zero attached hydrogens (tertiary/aromatic N) is 1. The van der Waals surface area contributed by atoms with Crippen LogP contribution in [0.4, 0.5) is 40.8 Å². The van der Waals surface area contributed by atoms with E-state index in [0.717, 1.165) is 11.0 Å². The standard InChI is InChI=1S/C24H19F8NO2/c25-22(26,24(30,31)32)17-7-4-6-16(12-17)14-33(15-21(34)23(27,28)29)18-8-5-11-20(13-18)35-19-9-2-1-3-10-19/h1-13,21,34H,14-15H2/t21-/m1/s1. The van der Waals surface area contributed by atoms with Gasteiger partial charge in [-0.3, -0.25) is 0 Å². The van der Waals surface area contributed by atoms with Gasteiger partial charge >= 0.3 is 18.3 Å². The second-order valence-corrected chi connectivity index (χ2v) is 7.62. The minimum absolute atomic E-state index is 0.116. The van der Waals surface area contributed by atoms with Crippen molar-refractivity contribution in [2.75, 3.05) is 11.4 Å². The van der Waals surface area contributed by atoms with Crippen LogP contribution in [0.15, 0.2) is 78.9 Å². The fraction of sp³-hybridized carbons (Fsp3) is 0.250. The molecule has 1 N–H and O–H groups in total. The van der Waals surface area contributed by atoms with Crippen LogP contribution in [0.2, 0.25) is 0 Å². The molecule has 0 amide bonds. The molecule has 188 valence electrons. The summed E-state index contributed by atoms with van der Waals surface area (Å²) in [5, 5.41) is 9.62. The lowest BCUT2D eigenvalue weighted by molar-refractivity contribution is -0.289. The molecule has 3 nitrogen and oxygen atoms in total. The number of alkyl halides is 8. The van der Waals surface area contributed by atoms with Crippen LogP contribution in [0.3, 0.4) is 0 Å². The van der Waals surface area contributed by atoms with E-state index < -0.39 is 43.0 Å². The van der Waals surface area contributed by atoms with E-state index in [1.807, 2.05) is 0 Å². The zero-order chi connectivity index (χ0) is 25.9. The smallest absolute Gasteiger partial charge is 0.457 e. The fourth-order valence-electron chi connectivity index (χ4n) is 3.19. The Kier molecular flexibility index (Phi) is 7.59. The maximum Gasteiger partial charge on any atom is 0.458 e. The summed E-state index contributed by atoms with van der Waals surface area (Å²) in [4.78, 5) is 1.01. The molecular weight excluding hydrogens is 486 g/mol. The highest BCUT2D eigenvalue weighted by atomic mass is 19.4. The topological polar surface area (TPSA) is 32.7 Å². The molecular formula is C24H19F8NO2. The fourth-order valence-corrected chi connectivity index (χ4v) is 3.19. The number of benzene rings is 3. The average molecular weight is 505 g/mol. The molecule has 3 aromatic rings. The van der Waals surface area contributed by atoms with E-state index in [2.05, 4.69) is 0 Å². The van der Waals surface area contributed by atoms with Gasteiger partial charge in [0.25, 0.3) is 0 Å². The van der Waals surface area contributed by atoms with Gasteiger partial charge < -0.3 is 14.7 Å². The van der Waals surface area contributed by atoms with Crippen LogP contribution in [0, 0.1) is 0 Å². The van der Waals surface area contributed by atoms with E-state index in [0.29, 0.717) is 17.9 Å². The number of anilines is 1. The minimum atomic E-state index is -5.85. The zero-order valence-corrected chi connectivity index (χ0v) is 17.8. The van der Waals surface area contributed by atoms with Crippen molar-refractivity contribution >= 4 is 5.69 Å². The first-order valence-electron chi connectivity index (χ1n) is 10.1. The molecule has 0 saturated carbocycles. The molecule has 1 atom stereocenters. The first kappa shape index (κ1) is 26.3. The van der Waals surface area contributed by atoms with Crippen molar-refractivity contribution in [1.29, 1.82) is 0 Å². The molecule has 0 bridgehead atoms. The highest BCUT2D eigenvalue weighted by Gasteiger charge is 2.58. The lowest BCUT2D eigenvalue weighted by Gasteiger charge is -2.29. The Morgan fingerprint density at radius 1 is 0.743 bits per heavy atom. The van der Waals surface area contributed by atoms with Gasteiger partial charge in [0.2, 0.25) is 0 Å². The van der Waals surface area contributed by atoms with Crippen molar-refractivity contribution in [3.8, 4) is 11.5 Å². The summed E-state index contributed by atoms with van der Waals surface area (Å²) < 4.78 is 111. The molecule has 0 aliphatic heterocycles. The van der Waals surface area contributed by atoms with Gasteiger partial charge in [-0.25, -0.2) is 0 Å². The lowest BCUT2D eigenvalue weighted by Crippen LogP contribution is -2.41. The molecule has 3 rings (SSSR count). The van der Waals surface area contributed by atoms with Crippen molar-refractivity contribution in [2.24, 2.45) is 0 Å². The molecule has 0 aliphatic rings. The van der Waals surface area contributed by atoms with Gasteiger partial charge in [0.15, 0.2) is 6.10 Å². The third kappa shape index (κ3) is 6.62. The molecule has 3 aromatic carbocycles. The van der Waals surface area contributed by atoms with Crippen LogP contribution in [0.1, 0.15) is 11.1 Å². The van der Waals surface area contributed by atoms with E-state index >= 15 is 0 Å². The molecule has 0 heterocycles. The Morgan fingerprint density at radius 3 is 2.00 bits per heavy atom. The lowest BCUT2D eigenvalue weighted by atomic mass is 10.0. The Hall–Kier alpha value is -3.34. The predicted molar refractivity (Wildman–Crippen MR) is 112 cm³/mol. The Morgan fingerprint density at radius 2 is 1.37 bits per heavy atom. The number of hydrogen-bond acceptors (Lipinski definition) is 3. The van der Waals surface area contributed by atoms with Crippen molar-refractivity contribution in [1.82, 2.24) is 0 Å². The number of ether oxygens (including phenoxy) is 1. The largest absolute Gasteiger partial charge is 0.458 e. The number of aliphatic hydroxyl groups is 1. The van der Waals surface area contributed by atoms with E-state index in [1.165, 1.54) is 30.3 Å². The van der Waals surface area contributed by atoms with E-state index in [9.17, 15) is 40.2 Å². The summed E-state index contributed by atoms with van der Waals surface area (Å²) in [7, 11) is 0. The van der Waals surface area contributed by atoms with Gasteiger partial charge in [0.05, 0.1) is 6.54 Å². The highest BCUT2D eigenvalue weighted by Crippen LogP contribution is 2.44. The number of aliphatic hydroxyl groups excluding tert-OH is 1. The molecule has 11 heteroatoms. The van der Waals surface area contributed by atoms with Gasteiger partial charge in [-0.1, -0.05) is 42.5 Å². The summed E-state index contributed by atoms with van der Waals surface area (Å²) in [5.41, 5.74) is -1.34. The first-order chi connectivity index (χ1) is 16.3. The molecule has 0 fully saturated rings. The van der Waals surface area contributed by atoms with Crippen LogP contribution in [-0.2, 0) is 12.5 Å². The van der Waals surface area contributed by atoms with Crippen LogP contribution < -0.4 is 9.64 Å². The van der Waals surface area contributed by atoms with Crippen LogP contribution in [-0.4, -0.2) is 30.1 Å². The maximum atomic E-state index is 13.8. The third-order valence-electron chi connectivity index (χ3n) is 4.95. The van der Waals surface area contributed by atoms with Gasteiger partial charge in [-0.2, -0.15) is 35.1 Å².